The standard InChI is InChI=1S/C14H23NO3/c1-11(10-16)5-4-8-15-12(17)9-14(13(15)18)6-2-3-7-14/h11,16H,2-10H2,1H3. The number of carbonyl (C=O) groups is 2. The smallest absolute Gasteiger partial charge is 0.235 e. The SMILES string of the molecule is CC(CO)CCCN1C(=O)CC2(CCCC2)C1=O. The molecule has 1 saturated carbocycles. The highest BCUT2D eigenvalue weighted by Crippen LogP contribution is 2.46. The molecule has 4 nitrogen and oxygen atoms in total. The molecule has 0 aromatic rings. The number of aliphatic hydroxyl groups excluding tert-OH is 1. The Kier molecular flexibility index (Phi) is 4.05. The molecule has 1 heterocycles. The summed E-state index contributed by atoms with van der Waals surface area (Å²) in [6.07, 6.45) is 6.03. The molecular formula is C14H23NO3. The van der Waals surface area contributed by atoms with Crippen molar-refractivity contribution in [1.29, 1.82) is 0 Å². The van der Waals surface area contributed by atoms with Crippen LogP contribution in [0.15, 0.2) is 0 Å². The van der Waals surface area contributed by atoms with Gasteiger partial charge in [0.1, 0.15) is 0 Å². The van der Waals surface area contributed by atoms with Crippen molar-refractivity contribution in [2.45, 2.75) is 51.9 Å². The lowest BCUT2D eigenvalue weighted by molar-refractivity contribution is -0.141. The monoisotopic (exact) mass is 253 g/mol. The third kappa shape index (κ3) is 2.44. The fraction of sp³-hybridized carbons (Fsp3) is 0.857. The number of hydrogen-bond acceptors (Lipinski definition) is 3. The van der Waals surface area contributed by atoms with Crippen LogP contribution in [-0.2, 0) is 9.59 Å². The summed E-state index contributed by atoms with van der Waals surface area (Å²) in [5.74, 6) is 0.332. The Bertz CT molecular complexity index is 334. The maximum Gasteiger partial charge on any atom is 0.235 e. The second-order valence-electron chi connectivity index (χ2n) is 5.94. The van der Waals surface area contributed by atoms with Gasteiger partial charge in [0, 0.05) is 19.6 Å². The highest BCUT2D eigenvalue weighted by Gasteiger charge is 2.52. The van der Waals surface area contributed by atoms with E-state index in [-0.39, 0.29) is 29.8 Å². The van der Waals surface area contributed by atoms with Gasteiger partial charge in [-0.05, 0) is 31.6 Å². The number of aliphatic hydroxyl groups is 1. The summed E-state index contributed by atoms with van der Waals surface area (Å²) in [5, 5.41) is 8.95. The van der Waals surface area contributed by atoms with Crippen molar-refractivity contribution in [2.75, 3.05) is 13.2 Å². The van der Waals surface area contributed by atoms with Gasteiger partial charge in [-0.3, -0.25) is 14.5 Å². The van der Waals surface area contributed by atoms with E-state index in [2.05, 4.69) is 0 Å². The molecule has 2 rings (SSSR count). The summed E-state index contributed by atoms with van der Waals surface area (Å²) in [5.41, 5.74) is -0.334. The van der Waals surface area contributed by atoms with Crippen LogP contribution in [0.4, 0.5) is 0 Å². The number of hydrogen-bond donors (Lipinski definition) is 1. The van der Waals surface area contributed by atoms with Crippen LogP contribution in [0, 0.1) is 11.3 Å². The fourth-order valence-electron chi connectivity index (χ4n) is 3.22. The fourth-order valence-corrected chi connectivity index (χ4v) is 3.22. The number of likely N-dealkylation sites (tertiary alicyclic amines) is 1. The average Bonchev–Trinajstić information content (AvgIpc) is 2.90. The predicted octanol–water partition coefficient (Wildman–Crippen LogP) is 1.71. The lowest BCUT2D eigenvalue weighted by Gasteiger charge is -2.21. The second-order valence-corrected chi connectivity index (χ2v) is 5.94. The molecule has 1 unspecified atom stereocenters. The molecule has 102 valence electrons. The van der Waals surface area contributed by atoms with Crippen molar-refractivity contribution in [3.63, 3.8) is 0 Å². The van der Waals surface area contributed by atoms with Gasteiger partial charge in [0.2, 0.25) is 11.8 Å². The van der Waals surface area contributed by atoms with E-state index in [1.54, 1.807) is 0 Å². The van der Waals surface area contributed by atoms with E-state index in [0.717, 1.165) is 38.5 Å². The van der Waals surface area contributed by atoms with Crippen LogP contribution in [0.1, 0.15) is 51.9 Å². The lowest BCUT2D eigenvalue weighted by Crippen LogP contribution is -2.35. The molecule has 2 fully saturated rings. The van der Waals surface area contributed by atoms with Crippen LogP contribution in [0.2, 0.25) is 0 Å². The van der Waals surface area contributed by atoms with Gasteiger partial charge in [-0.15, -0.1) is 0 Å². The minimum atomic E-state index is -0.334. The van der Waals surface area contributed by atoms with Crippen molar-refractivity contribution in [3.8, 4) is 0 Å². The predicted molar refractivity (Wildman–Crippen MR) is 67.7 cm³/mol. The molecule has 0 radical (unpaired) electrons. The van der Waals surface area contributed by atoms with Gasteiger partial charge in [0.25, 0.3) is 0 Å². The van der Waals surface area contributed by atoms with Crippen molar-refractivity contribution >= 4 is 11.8 Å². The van der Waals surface area contributed by atoms with Crippen molar-refractivity contribution < 1.29 is 14.7 Å². The van der Waals surface area contributed by atoms with Crippen LogP contribution in [0.5, 0.6) is 0 Å². The van der Waals surface area contributed by atoms with Crippen molar-refractivity contribution in [2.24, 2.45) is 11.3 Å². The van der Waals surface area contributed by atoms with Gasteiger partial charge in [-0.25, -0.2) is 0 Å². The summed E-state index contributed by atoms with van der Waals surface area (Å²) in [7, 11) is 0. The third-order valence-corrected chi connectivity index (χ3v) is 4.44. The van der Waals surface area contributed by atoms with Crippen LogP contribution >= 0.6 is 0 Å². The van der Waals surface area contributed by atoms with E-state index >= 15 is 0 Å². The molecule has 1 atom stereocenters. The Morgan fingerprint density at radius 1 is 1.33 bits per heavy atom. The summed E-state index contributed by atoms with van der Waals surface area (Å²) < 4.78 is 0. The number of amides is 2. The zero-order chi connectivity index (χ0) is 13.2. The van der Waals surface area contributed by atoms with Crippen LogP contribution in [0.25, 0.3) is 0 Å². The minimum absolute atomic E-state index is 0.0125. The van der Waals surface area contributed by atoms with E-state index in [1.807, 2.05) is 6.92 Å². The Hall–Kier alpha value is -0.900. The molecule has 1 saturated heterocycles. The first-order chi connectivity index (χ1) is 8.59. The molecule has 1 aliphatic heterocycles. The number of imide groups is 1. The van der Waals surface area contributed by atoms with Gasteiger partial charge in [0.15, 0.2) is 0 Å². The van der Waals surface area contributed by atoms with Crippen LogP contribution in [-0.4, -0.2) is 35.0 Å². The summed E-state index contributed by atoms with van der Waals surface area (Å²) >= 11 is 0. The number of rotatable bonds is 5. The average molecular weight is 253 g/mol. The van der Waals surface area contributed by atoms with Gasteiger partial charge < -0.3 is 5.11 Å². The largest absolute Gasteiger partial charge is 0.396 e. The van der Waals surface area contributed by atoms with Gasteiger partial charge >= 0.3 is 0 Å². The number of carbonyl (C=O) groups excluding carboxylic acids is 2. The van der Waals surface area contributed by atoms with E-state index in [9.17, 15) is 9.59 Å². The molecule has 4 heteroatoms. The maximum atomic E-state index is 12.3. The Balaban J connectivity index is 1.89. The highest BCUT2D eigenvalue weighted by molar-refractivity contribution is 6.06. The quantitative estimate of drug-likeness (QED) is 0.759. The molecule has 2 amide bonds. The van der Waals surface area contributed by atoms with E-state index in [0.29, 0.717) is 13.0 Å². The zero-order valence-electron chi connectivity index (χ0n) is 11.2. The molecule has 1 spiro atoms. The maximum absolute atomic E-state index is 12.3. The first-order valence-electron chi connectivity index (χ1n) is 7.05. The molecular weight excluding hydrogens is 230 g/mol. The Morgan fingerprint density at radius 2 is 2.00 bits per heavy atom. The molecule has 18 heavy (non-hydrogen) atoms. The van der Waals surface area contributed by atoms with E-state index in [1.165, 1.54) is 4.90 Å². The molecule has 0 aromatic carbocycles. The van der Waals surface area contributed by atoms with E-state index < -0.39 is 0 Å². The first kappa shape index (κ1) is 13.5. The van der Waals surface area contributed by atoms with Crippen LogP contribution in [0.3, 0.4) is 0 Å². The first-order valence-corrected chi connectivity index (χ1v) is 7.05. The van der Waals surface area contributed by atoms with Crippen molar-refractivity contribution in [3.05, 3.63) is 0 Å². The third-order valence-electron chi connectivity index (χ3n) is 4.44. The summed E-state index contributed by atoms with van der Waals surface area (Å²) in [6.45, 7) is 2.68. The van der Waals surface area contributed by atoms with Gasteiger partial charge in [-0.2, -0.15) is 0 Å². The molecule has 1 aliphatic carbocycles. The molecule has 0 aromatic heterocycles. The lowest BCUT2D eigenvalue weighted by atomic mass is 9.84. The topological polar surface area (TPSA) is 57.6 Å². The highest BCUT2D eigenvalue weighted by atomic mass is 16.3. The molecule has 0 bridgehead atoms. The second kappa shape index (κ2) is 5.39. The number of nitrogens with zero attached hydrogens (tertiary/aromatic N) is 1. The van der Waals surface area contributed by atoms with Gasteiger partial charge in [-0.1, -0.05) is 19.8 Å². The van der Waals surface area contributed by atoms with E-state index in [4.69, 9.17) is 5.11 Å². The summed E-state index contributed by atoms with van der Waals surface area (Å²) in [6, 6.07) is 0. The minimum Gasteiger partial charge on any atom is -0.396 e. The molecule has 1 N–H and O–H groups in total. The zero-order valence-corrected chi connectivity index (χ0v) is 11.2. The van der Waals surface area contributed by atoms with Crippen molar-refractivity contribution in [1.82, 2.24) is 4.90 Å². The Morgan fingerprint density at radius 3 is 2.61 bits per heavy atom. The molecule has 2 aliphatic rings. The van der Waals surface area contributed by atoms with Crippen LogP contribution < -0.4 is 0 Å². The van der Waals surface area contributed by atoms with Gasteiger partial charge in [0.05, 0.1) is 5.41 Å². The normalized spacial score (nSPS) is 24.2. The summed E-state index contributed by atoms with van der Waals surface area (Å²) in [4.78, 5) is 25.8. The Labute approximate surface area is 108 Å².